The van der Waals surface area contributed by atoms with Gasteiger partial charge in [-0.05, 0) is 66.9 Å². The number of carboxylic acids is 1. The van der Waals surface area contributed by atoms with Crippen LogP contribution in [0.1, 0.15) is 30.6 Å². The van der Waals surface area contributed by atoms with E-state index in [2.05, 4.69) is 49.1 Å². The van der Waals surface area contributed by atoms with E-state index in [-0.39, 0.29) is 12.2 Å². The monoisotopic (exact) mass is 419 g/mol. The fourth-order valence-corrected chi connectivity index (χ4v) is 3.55. The number of hydrogen-bond acceptors (Lipinski definition) is 4. The zero-order valence-corrected chi connectivity index (χ0v) is 18.0. The van der Waals surface area contributed by atoms with Crippen molar-refractivity contribution in [3.8, 4) is 28.0 Å². The molecule has 3 aromatic carbocycles. The lowest BCUT2D eigenvalue weighted by Gasteiger charge is -2.21. The number of aliphatic hydroxyl groups excluding tert-OH is 1. The second-order valence-electron chi connectivity index (χ2n) is 7.24. The Kier molecular flexibility index (Phi) is 7.68. The number of ether oxygens (including phenoxy) is 1. The van der Waals surface area contributed by atoms with E-state index in [0.29, 0.717) is 13.0 Å². The minimum absolute atomic E-state index is 0.0852. The van der Waals surface area contributed by atoms with Crippen LogP contribution in [-0.4, -0.2) is 42.5 Å². The maximum Gasteiger partial charge on any atom is 0.335 e. The van der Waals surface area contributed by atoms with E-state index in [9.17, 15) is 4.79 Å². The standard InChI is InChI=1S/C26H29NO4/c1-3-27(4-2)23-13-10-20(11-14-23)24-18-22(12-15-25(24)31-17-5-16-28)19-6-8-21(9-7-19)26(29)30/h6-15,18,28H,3-5,16-17H2,1-2H3,(H,29,30). The van der Waals surface area contributed by atoms with Crippen molar-refractivity contribution >= 4 is 11.7 Å². The Bertz CT molecular complexity index is 993. The van der Waals surface area contributed by atoms with Gasteiger partial charge in [-0.1, -0.05) is 30.3 Å². The molecule has 5 nitrogen and oxygen atoms in total. The molecule has 0 aliphatic carbocycles. The summed E-state index contributed by atoms with van der Waals surface area (Å²) in [4.78, 5) is 13.4. The predicted molar refractivity (Wildman–Crippen MR) is 125 cm³/mol. The van der Waals surface area contributed by atoms with Crippen molar-refractivity contribution < 1.29 is 19.7 Å². The van der Waals surface area contributed by atoms with Gasteiger partial charge in [-0.25, -0.2) is 4.79 Å². The van der Waals surface area contributed by atoms with Gasteiger partial charge in [0.25, 0.3) is 0 Å². The van der Waals surface area contributed by atoms with Gasteiger partial charge >= 0.3 is 5.97 Å². The Morgan fingerprint density at radius 2 is 1.48 bits per heavy atom. The molecule has 0 aliphatic rings. The minimum atomic E-state index is -0.937. The lowest BCUT2D eigenvalue weighted by atomic mass is 9.97. The maximum absolute atomic E-state index is 11.1. The van der Waals surface area contributed by atoms with E-state index in [1.807, 2.05) is 24.3 Å². The van der Waals surface area contributed by atoms with Gasteiger partial charge in [0.1, 0.15) is 5.75 Å². The second-order valence-corrected chi connectivity index (χ2v) is 7.24. The number of hydrogen-bond donors (Lipinski definition) is 2. The molecule has 162 valence electrons. The van der Waals surface area contributed by atoms with Crippen molar-refractivity contribution in [3.63, 3.8) is 0 Å². The number of aliphatic hydroxyl groups is 1. The summed E-state index contributed by atoms with van der Waals surface area (Å²) in [5, 5.41) is 18.2. The van der Waals surface area contributed by atoms with Gasteiger partial charge in [-0.3, -0.25) is 0 Å². The molecule has 0 unspecified atom stereocenters. The van der Waals surface area contributed by atoms with Gasteiger partial charge in [-0.15, -0.1) is 0 Å². The summed E-state index contributed by atoms with van der Waals surface area (Å²) in [6, 6.07) is 21.3. The van der Waals surface area contributed by atoms with Crippen molar-refractivity contribution in [2.45, 2.75) is 20.3 Å². The quantitative estimate of drug-likeness (QED) is 0.435. The Hall–Kier alpha value is -3.31. The van der Waals surface area contributed by atoms with Crippen LogP contribution < -0.4 is 9.64 Å². The average Bonchev–Trinajstić information content (AvgIpc) is 2.81. The van der Waals surface area contributed by atoms with E-state index >= 15 is 0 Å². The molecule has 2 N–H and O–H groups in total. The molecule has 0 bridgehead atoms. The molecule has 0 spiro atoms. The highest BCUT2D eigenvalue weighted by Gasteiger charge is 2.11. The van der Waals surface area contributed by atoms with Gasteiger partial charge in [0.05, 0.1) is 12.2 Å². The summed E-state index contributed by atoms with van der Waals surface area (Å²) in [7, 11) is 0. The summed E-state index contributed by atoms with van der Waals surface area (Å²) in [6.45, 7) is 6.71. The lowest BCUT2D eigenvalue weighted by molar-refractivity contribution is 0.0697. The van der Waals surface area contributed by atoms with Crippen LogP contribution in [0.3, 0.4) is 0 Å². The number of carboxylic acid groups (broad SMARTS) is 1. The zero-order valence-electron chi connectivity index (χ0n) is 18.0. The number of nitrogens with zero attached hydrogens (tertiary/aromatic N) is 1. The van der Waals surface area contributed by atoms with Crippen LogP contribution >= 0.6 is 0 Å². The Morgan fingerprint density at radius 1 is 0.871 bits per heavy atom. The highest BCUT2D eigenvalue weighted by Crippen LogP contribution is 2.35. The number of rotatable bonds is 10. The van der Waals surface area contributed by atoms with Crippen molar-refractivity contribution in [2.75, 3.05) is 31.2 Å². The second kappa shape index (κ2) is 10.6. The van der Waals surface area contributed by atoms with Crippen molar-refractivity contribution in [1.29, 1.82) is 0 Å². The third-order valence-corrected chi connectivity index (χ3v) is 5.31. The van der Waals surface area contributed by atoms with Crippen molar-refractivity contribution in [2.24, 2.45) is 0 Å². The van der Waals surface area contributed by atoms with E-state index in [4.69, 9.17) is 14.9 Å². The number of carbonyl (C=O) groups is 1. The largest absolute Gasteiger partial charge is 0.493 e. The first kappa shape index (κ1) is 22.4. The molecule has 5 heteroatoms. The number of anilines is 1. The van der Waals surface area contributed by atoms with Crippen LogP contribution in [0, 0.1) is 0 Å². The molecule has 0 saturated carbocycles. The molecular formula is C26H29NO4. The molecule has 0 aromatic heterocycles. The van der Waals surface area contributed by atoms with Gasteiger partial charge in [0, 0.05) is 37.4 Å². The molecule has 3 aromatic rings. The number of aromatic carboxylic acids is 1. The Balaban J connectivity index is 1.98. The lowest BCUT2D eigenvalue weighted by Crippen LogP contribution is -2.21. The maximum atomic E-state index is 11.1. The topological polar surface area (TPSA) is 70.0 Å². The van der Waals surface area contributed by atoms with Gasteiger partial charge < -0.3 is 19.8 Å². The molecule has 0 fully saturated rings. The first-order valence-corrected chi connectivity index (χ1v) is 10.6. The van der Waals surface area contributed by atoms with Crippen molar-refractivity contribution in [3.05, 3.63) is 72.3 Å². The molecule has 0 saturated heterocycles. The van der Waals surface area contributed by atoms with Crippen LogP contribution in [0.15, 0.2) is 66.7 Å². The summed E-state index contributed by atoms with van der Waals surface area (Å²) < 4.78 is 5.95. The Labute approximate surface area is 183 Å². The smallest absolute Gasteiger partial charge is 0.335 e. The van der Waals surface area contributed by atoms with Gasteiger partial charge in [0.2, 0.25) is 0 Å². The minimum Gasteiger partial charge on any atom is -0.493 e. The summed E-state index contributed by atoms with van der Waals surface area (Å²) in [6.07, 6.45) is 0.568. The van der Waals surface area contributed by atoms with E-state index < -0.39 is 5.97 Å². The van der Waals surface area contributed by atoms with Gasteiger partial charge in [0.15, 0.2) is 0 Å². The average molecular weight is 420 g/mol. The SMILES string of the molecule is CCN(CC)c1ccc(-c2cc(-c3ccc(C(=O)O)cc3)ccc2OCCCO)cc1. The summed E-state index contributed by atoms with van der Waals surface area (Å²) >= 11 is 0. The van der Waals surface area contributed by atoms with Crippen LogP contribution in [0.25, 0.3) is 22.3 Å². The highest BCUT2D eigenvalue weighted by molar-refractivity contribution is 5.88. The molecule has 0 amide bonds. The number of benzene rings is 3. The molecule has 0 radical (unpaired) electrons. The fourth-order valence-electron chi connectivity index (χ4n) is 3.55. The van der Waals surface area contributed by atoms with Crippen LogP contribution in [-0.2, 0) is 0 Å². The zero-order chi connectivity index (χ0) is 22.2. The molecular weight excluding hydrogens is 390 g/mol. The van der Waals surface area contributed by atoms with Crippen LogP contribution in [0.2, 0.25) is 0 Å². The van der Waals surface area contributed by atoms with Crippen molar-refractivity contribution in [1.82, 2.24) is 0 Å². The van der Waals surface area contributed by atoms with E-state index in [1.165, 1.54) is 5.69 Å². The first-order chi connectivity index (χ1) is 15.1. The molecule has 0 heterocycles. The van der Waals surface area contributed by atoms with E-state index in [0.717, 1.165) is 41.1 Å². The molecule has 31 heavy (non-hydrogen) atoms. The highest BCUT2D eigenvalue weighted by atomic mass is 16.5. The van der Waals surface area contributed by atoms with Crippen LogP contribution in [0.5, 0.6) is 5.75 Å². The predicted octanol–water partition coefficient (Wildman–Crippen LogP) is 5.33. The van der Waals surface area contributed by atoms with Crippen LogP contribution in [0.4, 0.5) is 5.69 Å². The Morgan fingerprint density at radius 3 is 2.06 bits per heavy atom. The molecule has 0 aliphatic heterocycles. The molecule has 0 atom stereocenters. The normalized spacial score (nSPS) is 10.7. The van der Waals surface area contributed by atoms with Gasteiger partial charge in [-0.2, -0.15) is 0 Å². The molecule has 3 rings (SSSR count). The third-order valence-electron chi connectivity index (χ3n) is 5.31. The van der Waals surface area contributed by atoms with E-state index in [1.54, 1.807) is 12.1 Å². The first-order valence-electron chi connectivity index (χ1n) is 10.6. The summed E-state index contributed by atoms with van der Waals surface area (Å²) in [5.41, 5.74) is 5.36. The fraction of sp³-hybridized carbons (Fsp3) is 0.269. The summed E-state index contributed by atoms with van der Waals surface area (Å²) in [5.74, 6) is -0.178. The third kappa shape index (κ3) is 5.44.